The van der Waals surface area contributed by atoms with Gasteiger partial charge in [-0.1, -0.05) is 42.5 Å². The zero-order valence-corrected chi connectivity index (χ0v) is 15.0. The van der Waals surface area contributed by atoms with Crippen LogP contribution in [0.5, 0.6) is 0 Å². The van der Waals surface area contributed by atoms with Gasteiger partial charge in [0.05, 0.1) is 19.6 Å². The summed E-state index contributed by atoms with van der Waals surface area (Å²) in [7, 11) is 1.42. The molecule has 1 amide bonds. The summed E-state index contributed by atoms with van der Waals surface area (Å²) in [6, 6.07) is 18.0. The van der Waals surface area contributed by atoms with Gasteiger partial charge in [0.1, 0.15) is 0 Å². The molecule has 0 saturated carbocycles. The van der Waals surface area contributed by atoms with Crippen LogP contribution >= 0.6 is 0 Å². The molecule has 1 fully saturated rings. The lowest BCUT2D eigenvalue weighted by molar-refractivity contribution is -0.147. The molecule has 3 rings (SSSR count). The van der Waals surface area contributed by atoms with Gasteiger partial charge in [-0.3, -0.25) is 14.5 Å². The Kier molecular flexibility index (Phi) is 6.02. The highest BCUT2D eigenvalue weighted by atomic mass is 16.5. The number of benzene rings is 2. The minimum absolute atomic E-state index is 0.0334. The molecule has 1 aliphatic heterocycles. The lowest BCUT2D eigenvalue weighted by Crippen LogP contribution is -2.41. The standard InChI is InChI=1S/C21H24N2O3/c1-26-21(25)18-11-13-23(14-12-18)15-20(24)22-19-9-7-17(8-10-19)16-5-3-2-4-6-16/h2-10,18H,11-15H2,1H3,(H,22,24). The quantitative estimate of drug-likeness (QED) is 0.840. The molecule has 0 radical (unpaired) electrons. The Morgan fingerprint density at radius 3 is 2.23 bits per heavy atom. The summed E-state index contributed by atoms with van der Waals surface area (Å²) >= 11 is 0. The number of amides is 1. The minimum atomic E-state index is -0.146. The number of anilines is 1. The molecule has 136 valence electrons. The zero-order valence-electron chi connectivity index (χ0n) is 15.0. The molecular weight excluding hydrogens is 328 g/mol. The van der Waals surface area contributed by atoms with E-state index in [1.807, 2.05) is 42.5 Å². The van der Waals surface area contributed by atoms with Crippen LogP contribution in [0.25, 0.3) is 11.1 Å². The van der Waals surface area contributed by atoms with Crippen molar-refractivity contribution >= 4 is 17.6 Å². The topological polar surface area (TPSA) is 58.6 Å². The van der Waals surface area contributed by atoms with Crippen molar-refractivity contribution in [1.29, 1.82) is 0 Å². The molecule has 5 heteroatoms. The number of nitrogens with one attached hydrogen (secondary N) is 1. The molecule has 0 aliphatic carbocycles. The van der Waals surface area contributed by atoms with Crippen LogP contribution in [0.3, 0.4) is 0 Å². The molecule has 5 nitrogen and oxygen atoms in total. The van der Waals surface area contributed by atoms with Gasteiger partial charge in [0.15, 0.2) is 0 Å². The molecule has 1 heterocycles. The summed E-state index contributed by atoms with van der Waals surface area (Å²) < 4.78 is 4.79. The summed E-state index contributed by atoms with van der Waals surface area (Å²) in [5, 5.41) is 2.94. The monoisotopic (exact) mass is 352 g/mol. The number of esters is 1. The van der Waals surface area contributed by atoms with Crippen molar-refractivity contribution < 1.29 is 14.3 Å². The third-order valence-corrected chi connectivity index (χ3v) is 4.77. The Balaban J connectivity index is 1.49. The van der Waals surface area contributed by atoms with Gasteiger partial charge >= 0.3 is 5.97 Å². The first-order valence-corrected chi connectivity index (χ1v) is 8.91. The van der Waals surface area contributed by atoms with Crippen molar-refractivity contribution in [1.82, 2.24) is 4.90 Å². The first-order chi connectivity index (χ1) is 12.7. The lowest BCUT2D eigenvalue weighted by Gasteiger charge is -2.29. The number of hydrogen-bond donors (Lipinski definition) is 1. The van der Waals surface area contributed by atoms with Gasteiger partial charge in [-0.25, -0.2) is 0 Å². The molecular formula is C21H24N2O3. The molecule has 0 bridgehead atoms. The predicted octanol–water partition coefficient (Wildman–Crippen LogP) is 3.18. The van der Waals surface area contributed by atoms with E-state index >= 15 is 0 Å². The molecule has 1 saturated heterocycles. The second kappa shape index (κ2) is 8.63. The highest BCUT2D eigenvalue weighted by Gasteiger charge is 2.26. The molecule has 2 aromatic rings. The average molecular weight is 352 g/mol. The number of likely N-dealkylation sites (tertiary alicyclic amines) is 1. The number of nitrogens with zero attached hydrogens (tertiary/aromatic N) is 1. The van der Waals surface area contributed by atoms with E-state index in [1.54, 1.807) is 0 Å². The van der Waals surface area contributed by atoms with Crippen molar-refractivity contribution in [2.24, 2.45) is 5.92 Å². The van der Waals surface area contributed by atoms with Crippen LogP contribution in [0.15, 0.2) is 54.6 Å². The van der Waals surface area contributed by atoms with Crippen LogP contribution in [0.2, 0.25) is 0 Å². The van der Waals surface area contributed by atoms with Crippen LogP contribution in [-0.4, -0.2) is 43.5 Å². The number of ether oxygens (including phenoxy) is 1. The molecule has 26 heavy (non-hydrogen) atoms. The highest BCUT2D eigenvalue weighted by Crippen LogP contribution is 2.21. The van der Waals surface area contributed by atoms with E-state index in [9.17, 15) is 9.59 Å². The first-order valence-electron chi connectivity index (χ1n) is 8.91. The number of rotatable bonds is 5. The SMILES string of the molecule is COC(=O)C1CCN(CC(=O)Nc2ccc(-c3ccccc3)cc2)CC1. The fourth-order valence-electron chi connectivity index (χ4n) is 3.27. The Hall–Kier alpha value is -2.66. The number of methoxy groups -OCH3 is 1. The minimum Gasteiger partial charge on any atom is -0.469 e. The van der Waals surface area contributed by atoms with Gasteiger partial charge in [-0.15, -0.1) is 0 Å². The Morgan fingerprint density at radius 2 is 1.62 bits per heavy atom. The zero-order chi connectivity index (χ0) is 18.4. The molecule has 1 N–H and O–H groups in total. The predicted molar refractivity (Wildman–Crippen MR) is 102 cm³/mol. The number of carbonyl (C=O) groups is 2. The largest absolute Gasteiger partial charge is 0.469 e. The van der Waals surface area contributed by atoms with Crippen LogP contribution in [0.1, 0.15) is 12.8 Å². The van der Waals surface area contributed by atoms with E-state index in [4.69, 9.17) is 4.74 Å². The highest BCUT2D eigenvalue weighted by molar-refractivity contribution is 5.92. The molecule has 1 aliphatic rings. The van der Waals surface area contributed by atoms with Crippen LogP contribution in [0, 0.1) is 5.92 Å². The molecule has 0 unspecified atom stereocenters. The Labute approximate surface area is 154 Å². The third-order valence-electron chi connectivity index (χ3n) is 4.77. The summed E-state index contributed by atoms with van der Waals surface area (Å²) in [6.45, 7) is 1.81. The summed E-state index contributed by atoms with van der Waals surface area (Å²) in [5.41, 5.74) is 3.06. The molecule has 2 aromatic carbocycles. The summed E-state index contributed by atoms with van der Waals surface area (Å²) in [4.78, 5) is 25.9. The van der Waals surface area contributed by atoms with Crippen LogP contribution < -0.4 is 5.32 Å². The van der Waals surface area contributed by atoms with E-state index in [2.05, 4.69) is 22.3 Å². The Bertz CT molecular complexity index is 736. The van der Waals surface area contributed by atoms with Gasteiger partial charge in [-0.05, 0) is 49.2 Å². The van der Waals surface area contributed by atoms with Crippen molar-refractivity contribution in [3.63, 3.8) is 0 Å². The maximum Gasteiger partial charge on any atom is 0.308 e. The second-order valence-electron chi connectivity index (χ2n) is 6.57. The molecule has 0 aromatic heterocycles. The average Bonchev–Trinajstić information content (AvgIpc) is 2.69. The van der Waals surface area contributed by atoms with E-state index in [0.29, 0.717) is 6.54 Å². The van der Waals surface area contributed by atoms with Gasteiger partial charge < -0.3 is 10.1 Å². The summed E-state index contributed by atoms with van der Waals surface area (Å²) in [6.07, 6.45) is 1.48. The van der Waals surface area contributed by atoms with Crippen molar-refractivity contribution in [3.8, 4) is 11.1 Å². The van der Waals surface area contributed by atoms with Crippen LogP contribution in [-0.2, 0) is 14.3 Å². The van der Waals surface area contributed by atoms with E-state index in [1.165, 1.54) is 7.11 Å². The van der Waals surface area contributed by atoms with Crippen LogP contribution in [0.4, 0.5) is 5.69 Å². The van der Waals surface area contributed by atoms with Crippen molar-refractivity contribution in [2.45, 2.75) is 12.8 Å². The fraction of sp³-hybridized carbons (Fsp3) is 0.333. The molecule has 0 atom stereocenters. The number of carbonyl (C=O) groups excluding carboxylic acids is 2. The van der Waals surface area contributed by atoms with Gasteiger partial charge in [-0.2, -0.15) is 0 Å². The molecule has 0 spiro atoms. The third kappa shape index (κ3) is 4.70. The smallest absolute Gasteiger partial charge is 0.308 e. The van der Waals surface area contributed by atoms with Crippen molar-refractivity contribution in [2.75, 3.05) is 32.1 Å². The van der Waals surface area contributed by atoms with Gasteiger partial charge in [0.2, 0.25) is 5.91 Å². The lowest BCUT2D eigenvalue weighted by atomic mass is 9.97. The maximum atomic E-state index is 12.3. The maximum absolute atomic E-state index is 12.3. The van der Waals surface area contributed by atoms with Gasteiger partial charge in [0, 0.05) is 5.69 Å². The van der Waals surface area contributed by atoms with Crippen molar-refractivity contribution in [3.05, 3.63) is 54.6 Å². The van der Waals surface area contributed by atoms with E-state index < -0.39 is 0 Å². The second-order valence-corrected chi connectivity index (χ2v) is 6.57. The normalized spacial score (nSPS) is 15.4. The van der Waals surface area contributed by atoms with E-state index in [0.717, 1.165) is 42.7 Å². The number of hydrogen-bond acceptors (Lipinski definition) is 4. The first kappa shape index (κ1) is 18.1. The Morgan fingerprint density at radius 1 is 1.00 bits per heavy atom. The number of piperidine rings is 1. The summed E-state index contributed by atoms with van der Waals surface area (Å²) in [5.74, 6) is -0.216. The fourth-order valence-corrected chi connectivity index (χ4v) is 3.27. The van der Waals surface area contributed by atoms with Gasteiger partial charge in [0.25, 0.3) is 0 Å². The van der Waals surface area contributed by atoms with E-state index in [-0.39, 0.29) is 17.8 Å².